The van der Waals surface area contributed by atoms with Gasteiger partial charge in [-0.2, -0.15) is 5.10 Å². The van der Waals surface area contributed by atoms with Crippen LogP contribution < -0.4 is 0 Å². The molecule has 0 unspecified atom stereocenters. The summed E-state index contributed by atoms with van der Waals surface area (Å²) in [6, 6.07) is 8.18. The van der Waals surface area contributed by atoms with Gasteiger partial charge in [-0.25, -0.2) is 0 Å². The summed E-state index contributed by atoms with van der Waals surface area (Å²) in [5.41, 5.74) is 5.01. The van der Waals surface area contributed by atoms with Gasteiger partial charge in [0.1, 0.15) is 0 Å². The number of benzene rings is 1. The lowest BCUT2D eigenvalue weighted by Crippen LogP contribution is -2.31. The summed E-state index contributed by atoms with van der Waals surface area (Å²) in [7, 11) is 1.72. The number of ether oxygens (including phenoxy) is 1. The number of hydrogen-bond donors (Lipinski definition) is 0. The van der Waals surface area contributed by atoms with E-state index in [0.29, 0.717) is 12.5 Å². The summed E-state index contributed by atoms with van der Waals surface area (Å²) in [6.07, 6.45) is 1.12. The molecule has 0 aliphatic heterocycles. The molecule has 158 valence electrons. The minimum Gasteiger partial charge on any atom is -0.455 e. The summed E-state index contributed by atoms with van der Waals surface area (Å²) in [4.78, 5) is 26.2. The van der Waals surface area contributed by atoms with Crippen LogP contribution in [-0.4, -0.2) is 40.2 Å². The van der Waals surface area contributed by atoms with Crippen molar-refractivity contribution in [3.63, 3.8) is 0 Å². The smallest absolute Gasteiger partial charge is 0.310 e. The van der Waals surface area contributed by atoms with E-state index in [4.69, 9.17) is 4.74 Å². The van der Waals surface area contributed by atoms with E-state index in [1.165, 1.54) is 5.56 Å². The summed E-state index contributed by atoms with van der Waals surface area (Å²) < 4.78 is 7.17. The zero-order valence-electron chi connectivity index (χ0n) is 18.5. The SMILES string of the molecule is CCc1ccc(CN(C)C(=O)COC(=O)Cc2c(C)nn(CC(C)C)c2C)cc1. The second-order valence-corrected chi connectivity index (χ2v) is 7.98. The van der Waals surface area contributed by atoms with Gasteiger partial charge in [0, 0.05) is 31.4 Å². The first-order valence-electron chi connectivity index (χ1n) is 10.2. The molecule has 29 heavy (non-hydrogen) atoms. The zero-order chi connectivity index (χ0) is 21.6. The fourth-order valence-corrected chi connectivity index (χ4v) is 3.20. The molecule has 0 spiro atoms. The highest BCUT2D eigenvalue weighted by atomic mass is 16.5. The first-order valence-corrected chi connectivity index (χ1v) is 10.2. The zero-order valence-corrected chi connectivity index (χ0v) is 18.5. The van der Waals surface area contributed by atoms with Crippen LogP contribution in [0.25, 0.3) is 0 Å². The largest absolute Gasteiger partial charge is 0.455 e. The van der Waals surface area contributed by atoms with Crippen molar-refractivity contribution in [3.05, 3.63) is 52.3 Å². The van der Waals surface area contributed by atoms with Crippen LogP contribution in [0, 0.1) is 19.8 Å². The van der Waals surface area contributed by atoms with Crippen LogP contribution in [0.15, 0.2) is 24.3 Å². The number of aryl methyl sites for hydroxylation is 2. The fraction of sp³-hybridized carbons (Fsp3) is 0.522. The van der Waals surface area contributed by atoms with Gasteiger partial charge < -0.3 is 9.64 Å². The predicted molar refractivity (Wildman–Crippen MR) is 113 cm³/mol. The topological polar surface area (TPSA) is 64.4 Å². The van der Waals surface area contributed by atoms with Crippen molar-refractivity contribution < 1.29 is 14.3 Å². The maximum atomic E-state index is 12.3. The second-order valence-electron chi connectivity index (χ2n) is 7.98. The van der Waals surface area contributed by atoms with Crippen molar-refractivity contribution in [3.8, 4) is 0 Å². The third kappa shape index (κ3) is 6.44. The van der Waals surface area contributed by atoms with Crippen LogP contribution in [0.2, 0.25) is 0 Å². The van der Waals surface area contributed by atoms with Crippen molar-refractivity contribution in [1.82, 2.24) is 14.7 Å². The molecule has 0 atom stereocenters. The van der Waals surface area contributed by atoms with Crippen molar-refractivity contribution >= 4 is 11.9 Å². The third-order valence-electron chi connectivity index (χ3n) is 5.02. The van der Waals surface area contributed by atoms with E-state index in [0.717, 1.165) is 35.5 Å². The Hall–Kier alpha value is -2.63. The Morgan fingerprint density at radius 1 is 1.14 bits per heavy atom. The van der Waals surface area contributed by atoms with E-state index in [-0.39, 0.29) is 18.9 Å². The summed E-state index contributed by atoms with van der Waals surface area (Å²) >= 11 is 0. The quantitative estimate of drug-likeness (QED) is 0.606. The molecule has 1 heterocycles. The summed E-state index contributed by atoms with van der Waals surface area (Å²) in [6.45, 7) is 11.3. The average Bonchev–Trinajstić information content (AvgIpc) is 2.93. The van der Waals surface area contributed by atoms with Gasteiger partial charge in [0.15, 0.2) is 6.61 Å². The van der Waals surface area contributed by atoms with Crippen LogP contribution in [0.1, 0.15) is 48.8 Å². The number of rotatable bonds is 9. The van der Waals surface area contributed by atoms with E-state index in [9.17, 15) is 9.59 Å². The van der Waals surface area contributed by atoms with Gasteiger partial charge >= 0.3 is 5.97 Å². The maximum absolute atomic E-state index is 12.3. The Labute approximate surface area is 173 Å². The molecule has 0 N–H and O–H groups in total. The lowest BCUT2D eigenvalue weighted by molar-refractivity contribution is -0.151. The molecule has 0 fully saturated rings. The van der Waals surface area contributed by atoms with Crippen LogP contribution in [-0.2, 0) is 40.3 Å². The molecule has 0 aliphatic carbocycles. The highest BCUT2D eigenvalue weighted by molar-refractivity contribution is 5.81. The Bertz CT molecular complexity index is 838. The van der Waals surface area contributed by atoms with Crippen LogP contribution >= 0.6 is 0 Å². The van der Waals surface area contributed by atoms with Gasteiger partial charge in [-0.15, -0.1) is 0 Å². The summed E-state index contributed by atoms with van der Waals surface area (Å²) in [5, 5.41) is 4.52. The number of aromatic nitrogens is 2. The molecule has 2 aromatic rings. The van der Waals surface area contributed by atoms with Gasteiger partial charge in [0.25, 0.3) is 5.91 Å². The van der Waals surface area contributed by atoms with Gasteiger partial charge in [-0.1, -0.05) is 45.0 Å². The number of esters is 1. The van der Waals surface area contributed by atoms with Crippen molar-refractivity contribution in [2.75, 3.05) is 13.7 Å². The molecule has 0 bridgehead atoms. The fourth-order valence-electron chi connectivity index (χ4n) is 3.20. The monoisotopic (exact) mass is 399 g/mol. The molecule has 0 saturated carbocycles. The molecule has 6 heteroatoms. The molecule has 0 aliphatic rings. The molecule has 1 aromatic heterocycles. The number of likely N-dealkylation sites (N-methyl/N-ethyl adjacent to an activating group) is 1. The molecular formula is C23H33N3O3. The van der Waals surface area contributed by atoms with E-state index >= 15 is 0 Å². The Morgan fingerprint density at radius 2 is 1.76 bits per heavy atom. The second kappa shape index (κ2) is 10.2. The Balaban J connectivity index is 1.86. The molecular weight excluding hydrogens is 366 g/mol. The first kappa shape index (κ1) is 22.7. The molecule has 1 amide bonds. The predicted octanol–water partition coefficient (Wildman–Crippen LogP) is 3.46. The molecule has 2 rings (SSSR count). The van der Waals surface area contributed by atoms with E-state index in [2.05, 4.69) is 38.0 Å². The Kier molecular flexibility index (Phi) is 8.00. The molecule has 1 aromatic carbocycles. The normalized spacial score (nSPS) is 11.0. The number of amides is 1. The van der Waals surface area contributed by atoms with Crippen molar-refractivity contribution in [2.45, 2.75) is 60.5 Å². The van der Waals surface area contributed by atoms with Gasteiger partial charge in [-0.05, 0) is 37.3 Å². The van der Waals surface area contributed by atoms with E-state index in [1.807, 2.05) is 30.7 Å². The molecule has 6 nitrogen and oxygen atoms in total. The lowest BCUT2D eigenvalue weighted by atomic mass is 10.1. The van der Waals surface area contributed by atoms with Crippen LogP contribution in [0.4, 0.5) is 0 Å². The average molecular weight is 400 g/mol. The number of carbonyl (C=O) groups excluding carboxylic acids is 2. The van der Waals surface area contributed by atoms with Gasteiger partial charge in [0.05, 0.1) is 12.1 Å². The third-order valence-corrected chi connectivity index (χ3v) is 5.02. The number of nitrogens with zero attached hydrogens (tertiary/aromatic N) is 3. The lowest BCUT2D eigenvalue weighted by Gasteiger charge is -2.17. The number of carbonyl (C=O) groups is 2. The van der Waals surface area contributed by atoms with Crippen LogP contribution in [0.5, 0.6) is 0 Å². The highest BCUT2D eigenvalue weighted by Crippen LogP contribution is 2.16. The maximum Gasteiger partial charge on any atom is 0.310 e. The minimum absolute atomic E-state index is 0.130. The van der Waals surface area contributed by atoms with E-state index in [1.54, 1.807) is 11.9 Å². The van der Waals surface area contributed by atoms with Crippen molar-refractivity contribution in [1.29, 1.82) is 0 Å². The van der Waals surface area contributed by atoms with Gasteiger partial charge in [0.2, 0.25) is 0 Å². The Morgan fingerprint density at radius 3 is 2.34 bits per heavy atom. The van der Waals surface area contributed by atoms with E-state index < -0.39 is 5.97 Å². The molecule has 0 saturated heterocycles. The molecule has 0 radical (unpaired) electrons. The summed E-state index contributed by atoms with van der Waals surface area (Å²) in [5.74, 6) is -0.157. The highest BCUT2D eigenvalue weighted by Gasteiger charge is 2.18. The van der Waals surface area contributed by atoms with Crippen molar-refractivity contribution in [2.24, 2.45) is 5.92 Å². The first-order chi connectivity index (χ1) is 13.7. The van der Waals surface area contributed by atoms with Crippen LogP contribution in [0.3, 0.4) is 0 Å². The minimum atomic E-state index is -0.408. The van der Waals surface area contributed by atoms with Gasteiger partial charge in [-0.3, -0.25) is 14.3 Å². The number of hydrogen-bond acceptors (Lipinski definition) is 4. The standard InChI is InChI=1S/C23H33N3O3/c1-7-19-8-10-20(11-9-19)14-25(6)22(27)15-29-23(28)12-21-17(4)24-26(18(21)5)13-16(2)3/h8-11,16H,7,12-15H2,1-6H3.